The fraction of sp³-hybridized carbons (Fsp3) is 0.143. The largest absolute Gasteiger partial charge is 0.465 e. The summed E-state index contributed by atoms with van der Waals surface area (Å²) in [4.78, 5) is 14.7. The molecular formula is C7H6Cl2N2O2. The van der Waals surface area contributed by atoms with Crippen LogP contribution < -0.4 is 5.73 Å². The number of esters is 1. The number of rotatable bonds is 1. The molecule has 1 rings (SSSR count). The van der Waals surface area contributed by atoms with Crippen LogP contribution in [0.1, 0.15) is 10.4 Å². The van der Waals surface area contributed by atoms with Crippen LogP contribution in [0.3, 0.4) is 0 Å². The van der Waals surface area contributed by atoms with Crippen molar-refractivity contribution in [1.82, 2.24) is 4.98 Å². The molecule has 0 saturated carbocycles. The predicted molar refractivity (Wildman–Crippen MR) is 50.0 cm³/mol. The minimum atomic E-state index is -0.596. The third kappa shape index (κ3) is 2.02. The molecule has 0 spiro atoms. The van der Waals surface area contributed by atoms with E-state index in [4.69, 9.17) is 28.9 Å². The molecule has 0 amide bonds. The van der Waals surface area contributed by atoms with Crippen LogP contribution in [0.4, 0.5) is 5.69 Å². The summed E-state index contributed by atoms with van der Waals surface area (Å²) in [6, 6.07) is 1.32. The van der Waals surface area contributed by atoms with E-state index in [1.807, 2.05) is 0 Å². The predicted octanol–water partition coefficient (Wildman–Crippen LogP) is 1.76. The monoisotopic (exact) mass is 220 g/mol. The number of aromatic nitrogens is 1. The molecule has 4 nitrogen and oxygen atoms in total. The van der Waals surface area contributed by atoms with Gasteiger partial charge in [-0.1, -0.05) is 23.2 Å². The molecule has 0 aliphatic carbocycles. The molecule has 1 heterocycles. The molecule has 1 aromatic heterocycles. The summed E-state index contributed by atoms with van der Waals surface area (Å²) >= 11 is 11.2. The van der Waals surface area contributed by atoms with Gasteiger partial charge in [-0.25, -0.2) is 9.78 Å². The van der Waals surface area contributed by atoms with Crippen LogP contribution >= 0.6 is 23.2 Å². The first-order valence-electron chi connectivity index (χ1n) is 3.26. The lowest BCUT2D eigenvalue weighted by atomic mass is 10.3. The Morgan fingerprint density at radius 1 is 1.54 bits per heavy atom. The topological polar surface area (TPSA) is 65.2 Å². The molecule has 0 radical (unpaired) electrons. The SMILES string of the molecule is COC(=O)c1cc(N)c(Cl)nc1Cl. The minimum Gasteiger partial charge on any atom is -0.465 e. The summed E-state index contributed by atoms with van der Waals surface area (Å²) in [5.41, 5.74) is 5.71. The van der Waals surface area contributed by atoms with Gasteiger partial charge in [0.25, 0.3) is 0 Å². The summed E-state index contributed by atoms with van der Waals surface area (Å²) in [7, 11) is 1.24. The Bertz CT molecular complexity index is 355. The summed E-state index contributed by atoms with van der Waals surface area (Å²) in [5.74, 6) is -0.596. The number of carbonyl (C=O) groups excluding carboxylic acids is 1. The third-order valence-corrected chi connectivity index (χ3v) is 1.95. The zero-order valence-corrected chi connectivity index (χ0v) is 8.19. The highest BCUT2D eigenvalue weighted by Gasteiger charge is 2.14. The first-order chi connectivity index (χ1) is 6.06. The molecule has 70 valence electrons. The first-order valence-corrected chi connectivity index (χ1v) is 4.01. The van der Waals surface area contributed by atoms with Crippen LogP contribution in [-0.4, -0.2) is 18.1 Å². The van der Waals surface area contributed by atoms with Crippen LogP contribution in [0.5, 0.6) is 0 Å². The molecule has 0 aromatic carbocycles. The second-order valence-electron chi connectivity index (χ2n) is 2.20. The first kappa shape index (κ1) is 10.1. The van der Waals surface area contributed by atoms with Crippen molar-refractivity contribution >= 4 is 34.9 Å². The maximum atomic E-state index is 11.1. The smallest absolute Gasteiger partial charge is 0.341 e. The normalized spacial score (nSPS) is 9.77. The number of methoxy groups -OCH3 is 1. The van der Waals surface area contributed by atoms with Gasteiger partial charge >= 0.3 is 5.97 Å². The van der Waals surface area contributed by atoms with Gasteiger partial charge in [0.2, 0.25) is 0 Å². The van der Waals surface area contributed by atoms with Crippen molar-refractivity contribution in [2.45, 2.75) is 0 Å². The number of halogens is 2. The van der Waals surface area contributed by atoms with E-state index in [1.54, 1.807) is 0 Å². The minimum absolute atomic E-state index is 0.0222. The highest BCUT2D eigenvalue weighted by molar-refractivity contribution is 6.35. The lowest BCUT2D eigenvalue weighted by Gasteiger charge is -2.03. The number of carbonyl (C=O) groups is 1. The second kappa shape index (κ2) is 3.81. The zero-order chi connectivity index (χ0) is 10.0. The molecular weight excluding hydrogens is 215 g/mol. The van der Waals surface area contributed by atoms with Gasteiger partial charge in [-0.2, -0.15) is 0 Å². The van der Waals surface area contributed by atoms with Gasteiger partial charge in [-0.05, 0) is 6.07 Å². The molecule has 0 bridgehead atoms. The van der Waals surface area contributed by atoms with Crippen molar-refractivity contribution in [2.75, 3.05) is 12.8 Å². The maximum Gasteiger partial charge on any atom is 0.341 e. The lowest BCUT2D eigenvalue weighted by Crippen LogP contribution is -2.05. The molecule has 1 aromatic rings. The van der Waals surface area contributed by atoms with Gasteiger partial charge in [0.1, 0.15) is 5.15 Å². The van der Waals surface area contributed by atoms with E-state index < -0.39 is 5.97 Å². The highest BCUT2D eigenvalue weighted by atomic mass is 35.5. The molecule has 0 atom stereocenters. The lowest BCUT2D eigenvalue weighted by molar-refractivity contribution is 0.0600. The Kier molecular flexibility index (Phi) is 2.95. The van der Waals surface area contributed by atoms with E-state index in [-0.39, 0.29) is 21.6 Å². The number of pyridine rings is 1. The number of ether oxygens (including phenoxy) is 1. The summed E-state index contributed by atoms with van der Waals surface area (Å²) in [6.07, 6.45) is 0. The van der Waals surface area contributed by atoms with Crippen LogP contribution in [-0.2, 0) is 4.74 Å². The van der Waals surface area contributed by atoms with Gasteiger partial charge in [0.15, 0.2) is 5.15 Å². The van der Waals surface area contributed by atoms with Crippen LogP contribution in [0.2, 0.25) is 10.3 Å². The van der Waals surface area contributed by atoms with E-state index in [9.17, 15) is 4.79 Å². The molecule has 2 N–H and O–H groups in total. The summed E-state index contributed by atoms with van der Waals surface area (Å²) in [5, 5.41) is 0.0451. The fourth-order valence-electron chi connectivity index (χ4n) is 0.739. The van der Waals surface area contributed by atoms with Crippen molar-refractivity contribution in [3.05, 3.63) is 21.9 Å². The van der Waals surface area contributed by atoms with Crippen molar-refractivity contribution in [2.24, 2.45) is 0 Å². The van der Waals surface area contributed by atoms with Gasteiger partial charge < -0.3 is 10.5 Å². The van der Waals surface area contributed by atoms with E-state index in [0.29, 0.717) is 0 Å². The summed E-state index contributed by atoms with van der Waals surface area (Å²) < 4.78 is 4.45. The standard InChI is InChI=1S/C7H6Cl2N2O2/c1-13-7(12)3-2-4(10)6(9)11-5(3)8/h2H,10H2,1H3. The number of nitrogen functional groups attached to an aromatic ring is 1. The maximum absolute atomic E-state index is 11.1. The number of hydrogen-bond acceptors (Lipinski definition) is 4. The fourth-order valence-corrected chi connectivity index (χ4v) is 1.14. The average Bonchev–Trinajstić information content (AvgIpc) is 2.10. The molecule has 0 aliphatic rings. The summed E-state index contributed by atoms with van der Waals surface area (Å²) in [6.45, 7) is 0. The Labute approximate surface area is 84.6 Å². The molecule has 0 fully saturated rings. The molecule has 13 heavy (non-hydrogen) atoms. The highest BCUT2D eigenvalue weighted by Crippen LogP contribution is 2.23. The van der Waals surface area contributed by atoms with E-state index in [1.165, 1.54) is 13.2 Å². The van der Waals surface area contributed by atoms with Crippen molar-refractivity contribution < 1.29 is 9.53 Å². The van der Waals surface area contributed by atoms with Gasteiger partial charge in [0.05, 0.1) is 18.4 Å². The van der Waals surface area contributed by atoms with Crippen LogP contribution in [0.15, 0.2) is 6.07 Å². The number of anilines is 1. The van der Waals surface area contributed by atoms with Crippen molar-refractivity contribution in [3.63, 3.8) is 0 Å². The third-order valence-electron chi connectivity index (χ3n) is 1.36. The number of nitrogens with zero attached hydrogens (tertiary/aromatic N) is 1. The Balaban J connectivity index is 3.23. The van der Waals surface area contributed by atoms with Crippen molar-refractivity contribution in [1.29, 1.82) is 0 Å². The quantitative estimate of drug-likeness (QED) is 0.579. The van der Waals surface area contributed by atoms with E-state index in [2.05, 4.69) is 9.72 Å². The van der Waals surface area contributed by atoms with Gasteiger partial charge in [0, 0.05) is 0 Å². The number of hydrogen-bond donors (Lipinski definition) is 1. The average molecular weight is 221 g/mol. The van der Waals surface area contributed by atoms with Crippen LogP contribution in [0, 0.1) is 0 Å². The molecule has 0 saturated heterocycles. The zero-order valence-electron chi connectivity index (χ0n) is 6.67. The van der Waals surface area contributed by atoms with Gasteiger partial charge in [-0.3, -0.25) is 0 Å². The molecule has 0 unspecified atom stereocenters. The number of nitrogens with two attached hydrogens (primary N) is 1. The second-order valence-corrected chi connectivity index (χ2v) is 2.91. The Hall–Kier alpha value is -1.00. The molecule has 6 heteroatoms. The van der Waals surface area contributed by atoms with Crippen molar-refractivity contribution in [3.8, 4) is 0 Å². The molecule has 0 aliphatic heterocycles. The van der Waals surface area contributed by atoms with Crippen LogP contribution in [0.25, 0.3) is 0 Å². The Morgan fingerprint density at radius 3 is 2.69 bits per heavy atom. The van der Waals surface area contributed by atoms with E-state index >= 15 is 0 Å². The Morgan fingerprint density at radius 2 is 2.15 bits per heavy atom. The van der Waals surface area contributed by atoms with Gasteiger partial charge in [-0.15, -0.1) is 0 Å². The van der Waals surface area contributed by atoms with E-state index in [0.717, 1.165) is 0 Å².